The van der Waals surface area contributed by atoms with Gasteiger partial charge in [-0.25, -0.2) is 13.6 Å². The SMILES string of the molecule is CC[C@H]1O[C@@H](N=[N+]=[N-])[C@@H](F)[C@@H]1C.CC[C@H]1O[C@@H](NC(=O)OC(C)(C)C)[C@@H](F)[C@@H]1C. The summed E-state index contributed by atoms with van der Waals surface area (Å²) < 4.78 is 42.7. The summed E-state index contributed by atoms with van der Waals surface area (Å²) in [6.45, 7) is 12.7. The Balaban J connectivity index is 0.000000308. The Morgan fingerprint density at radius 3 is 2.03 bits per heavy atom. The van der Waals surface area contributed by atoms with Crippen LogP contribution in [0.15, 0.2) is 5.11 Å². The van der Waals surface area contributed by atoms with Gasteiger partial charge in [-0.15, -0.1) is 0 Å². The average molecular weight is 421 g/mol. The van der Waals surface area contributed by atoms with Gasteiger partial charge in [-0.3, -0.25) is 5.32 Å². The van der Waals surface area contributed by atoms with Crippen molar-refractivity contribution in [2.24, 2.45) is 17.0 Å². The second kappa shape index (κ2) is 10.9. The standard InChI is InChI=1S/C12H22FNO3.C7H12FN3O/c1-6-8-7(2)9(13)10(16-8)14-11(15)17-12(3,4)5;1-3-5-4(2)6(8)7(12-5)10-11-9/h7-10H,6H2,1-5H3,(H,14,15);4-7H,3H2,1-2H3/t7-,8-,9+,10-;4-,5-,6+,7-/m11/s1. The van der Waals surface area contributed by atoms with E-state index in [1.165, 1.54) is 0 Å². The minimum absolute atomic E-state index is 0.115. The topological polar surface area (TPSA) is 106 Å². The molecule has 0 aromatic rings. The number of hydrogen-bond donors (Lipinski definition) is 1. The largest absolute Gasteiger partial charge is 0.444 e. The second-order valence-electron chi connectivity index (χ2n) is 8.43. The molecule has 2 saturated heterocycles. The Morgan fingerprint density at radius 2 is 1.62 bits per heavy atom. The Bertz CT molecular complexity index is 583. The van der Waals surface area contributed by atoms with Gasteiger partial charge < -0.3 is 14.2 Å². The molecule has 0 aromatic carbocycles. The van der Waals surface area contributed by atoms with Gasteiger partial charge in [-0.2, -0.15) is 0 Å². The predicted octanol–water partition coefficient (Wildman–Crippen LogP) is 5.03. The van der Waals surface area contributed by atoms with Crippen molar-refractivity contribution in [1.29, 1.82) is 0 Å². The predicted molar refractivity (Wildman–Crippen MR) is 105 cm³/mol. The van der Waals surface area contributed by atoms with E-state index >= 15 is 0 Å². The molecule has 0 aromatic heterocycles. The number of azide groups is 1. The number of carbonyl (C=O) groups excluding carboxylic acids is 1. The first-order valence-corrected chi connectivity index (χ1v) is 10.1. The molecule has 2 heterocycles. The zero-order valence-electron chi connectivity index (χ0n) is 18.3. The summed E-state index contributed by atoms with van der Waals surface area (Å²) >= 11 is 0. The smallest absolute Gasteiger partial charge is 0.409 e. The van der Waals surface area contributed by atoms with E-state index in [1.807, 2.05) is 13.8 Å². The number of rotatable bonds is 4. The fourth-order valence-electron chi connectivity index (χ4n) is 3.33. The Kier molecular flexibility index (Phi) is 9.58. The summed E-state index contributed by atoms with van der Waals surface area (Å²) in [4.78, 5) is 14.0. The summed E-state index contributed by atoms with van der Waals surface area (Å²) in [5.74, 6) is -0.384. The molecule has 8 atom stereocenters. The number of hydrogen-bond acceptors (Lipinski definition) is 5. The first-order chi connectivity index (χ1) is 13.4. The van der Waals surface area contributed by atoms with Gasteiger partial charge in [0.25, 0.3) is 0 Å². The van der Waals surface area contributed by atoms with Gasteiger partial charge in [0.2, 0.25) is 0 Å². The highest BCUT2D eigenvalue weighted by molar-refractivity contribution is 5.68. The van der Waals surface area contributed by atoms with Crippen LogP contribution in [-0.2, 0) is 14.2 Å². The minimum atomic E-state index is -1.19. The van der Waals surface area contributed by atoms with E-state index in [2.05, 4.69) is 15.3 Å². The van der Waals surface area contributed by atoms with Gasteiger partial charge in [0.15, 0.2) is 12.5 Å². The zero-order chi connectivity index (χ0) is 22.4. The monoisotopic (exact) mass is 420 g/mol. The quantitative estimate of drug-likeness (QED) is 0.391. The third kappa shape index (κ3) is 7.28. The van der Waals surface area contributed by atoms with Gasteiger partial charge >= 0.3 is 6.09 Å². The molecule has 1 N–H and O–H groups in total. The number of nitrogens with zero attached hydrogens (tertiary/aromatic N) is 3. The number of alkyl halides is 2. The van der Waals surface area contributed by atoms with Crippen molar-refractivity contribution < 1.29 is 27.8 Å². The van der Waals surface area contributed by atoms with Crippen molar-refractivity contribution in [2.45, 2.75) is 104 Å². The Hall–Kier alpha value is -1.64. The highest BCUT2D eigenvalue weighted by Gasteiger charge is 2.42. The first-order valence-electron chi connectivity index (χ1n) is 10.1. The lowest BCUT2D eigenvalue weighted by atomic mass is 10.00. The van der Waals surface area contributed by atoms with Crippen molar-refractivity contribution in [3.8, 4) is 0 Å². The van der Waals surface area contributed by atoms with Crippen LogP contribution in [0.3, 0.4) is 0 Å². The highest BCUT2D eigenvalue weighted by Crippen LogP contribution is 2.32. The minimum Gasteiger partial charge on any atom is -0.444 e. The fourth-order valence-corrected chi connectivity index (χ4v) is 3.33. The van der Waals surface area contributed by atoms with Crippen LogP contribution >= 0.6 is 0 Å². The molecule has 0 bridgehead atoms. The van der Waals surface area contributed by atoms with Crippen LogP contribution in [0.25, 0.3) is 10.4 Å². The highest BCUT2D eigenvalue weighted by atomic mass is 19.1. The molecule has 0 radical (unpaired) electrons. The van der Waals surface area contributed by atoms with Gasteiger partial charge in [0, 0.05) is 16.7 Å². The van der Waals surface area contributed by atoms with Crippen molar-refractivity contribution in [1.82, 2.24) is 5.32 Å². The van der Waals surface area contributed by atoms with Gasteiger partial charge in [0.05, 0.1) is 12.2 Å². The first kappa shape index (κ1) is 25.4. The third-order valence-corrected chi connectivity index (χ3v) is 5.00. The fraction of sp³-hybridized carbons (Fsp3) is 0.947. The molecule has 0 aliphatic carbocycles. The number of alkyl carbamates (subject to hydrolysis) is 1. The lowest BCUT2D eigenvalue weighted by molar-refractivity contribution is -0.00924. The van der Waals surface area contributed by atoms with Crippen LogP contribution in [-0.4, -0.2) is 48.7 Å². The third-order valence-electron chi connectivity index (χ3n) is 5.00. The van der Waals surface area contributed by atoms with Crippen LogP contribution in [0.5, 0.6) is 0 Å². The molecule has 0 unspecified atom stereocenters. The van der Waals surface area contributed by atoms with E-state index < -0.39 is 36.5 Å². The van der Waals surface area contributed by atoms with Crippen molar-refractivity contribution in [3.05, 3.63) is 10.4 Å². The molecule has 2 fully saturated rings. The van der Waals surface area contributed by atoms with Crippen LogP contribution in [0, 0.1) is 11.8 Å². The van der Waals surface area contributed by atoms with Crippen LogP contribution < -0.4 is 5.32 Å². The van der Waals surface area contributed by atoms with E-state index in [-0.39, 0.29) is 24.0 Å². The van der Waals surface area contributed by atoms with Crippen LogP contribution in [0.4, 0.5) is 13.6 Å². The number of halogens is 2. The Labute approximate surface area is 171 Å². The molecule has 2 aliphatic heterocycles. The van der Waals surface area contributed by atoms with E-state index in [9.17, 15) is 13.6 Å². The molecule has 29 heavy (non-hydrogen) atoms. The van der Waals surface area contributed by atoms with E-state index in [4.69, 9.17) is 19.7 Å². The number of carbonyl (C=O) groups is 1. The molecule has 10 heteroatoms. The summed E-state index contributed by atoms with van der Waals surface area (Å²) in [6.07, 6.45) is -3.60. The molecule has 0 spiro atoms. The van der Waals surface area contributed by atoms with E-state index in [1.54, 1.807) is 34.6 Å². The maximum atomic E-state index is 13.8. The molecule has 2 rings (SSSR count). The Morgan fingerprint density at radius 1 is 1.10 bits per heavy atom. The average Bonchev–Trinajstić information content (AvgIpc) is 3.05. The molecule has 0 saturated carbocycles. The molecule has 8 nitrogen and oxygen atoms in total. The lowest BCUT2D eigenvalue weighted by Gasteiger charge is -2.22. The molecule has 168 valence electrons. The molecule has 2 aliphatic rings. The number of ether oxygens (including phenoxy) is 3. The number of amides is 1. The summed E-state index contributed by atoms with van der Waals surface area (Å²) in [7, 11) is 0. The van der Waals surface area contributed by atoms with Crippen LogP contribution in [0.2, 0.25) is 0 Å². The van der Waals surface area contributed by atoms with E-state index in [0.717, 1.165) is 12.8 Å². The molecular weight excluding hydrogens is 386 g/mol. The van der Waals surface area contributed by atoms with Gasteiger partial charge in [-0.05, 0) is 39.1 Å². The lowest BCUT2D eigenvalue weighted by Crippen LogP contribution is -2.43. The summed E-state index contributed by atoms with van der Waals surface area (Å²) in [5.41, 5.74) is 7.51. The second-order valence-corrected chi connectivity index (χ2v) is 8.43. The van der Waals surface area contributed by atoms with Crippen molar-refractivity contribution >= 4 is 6.09 Å². The van der Waals surface area contributed by atoms with Gasteiger partial charge in [0.1, 0.15) is 17.9 Å². The van der Waals surface area contributed by atoms with Crippen molar-refractivity contribution in [3.63, 3.8) is 0 Å². The summed E-state index contributed by atoms with van der Waals surface area (Å²) in [5, 5.41) is 5.66. The van der Waals surface area contributed by atoms with Crippen LogP contribution in [0.1, 0.15) is 61.3 Å². The maximum Gasteiger partial charge on any atom is 0.409 e. The maximum absolute atomic E-state index is 13.8. The zero-order valence-corrected chi connectivity index (χ0v) is 18.3. The number of nitrogens with one attached hydrogen (secondary N) is 1. The molecular formula is C19H34F2N4O4. The normalized spacial score (nSPS) is 36.6. The van der Waals surface area contributed by atoms with Gasteiger partial charge in [-0.1, -0.05) is 32.8 Å². The van der Waals surface area contributed by atoms with Crippen molar-refractivity contribution in [2.75, 3.05) is 0 Å². The molecule has 1 amide bonds. The van der Waals surface area contributed by atoms with E-state index in [0.29, 0.717) is 0 Å². The summed E-state index contributed by atoms with van der Waals surface area (Å²) in [6, 6.07) is 0.